The molecule has 26 heavy (non-hydrogen) atoms. The average Bonchev–Trinajstić information content (AvgIpc) is 3.12. The summed E-state index contributed by atoms with van der Waals surface area (Å²) in [7, 11) is 0. The second-order valence-corrected chi connectivity index (χ2v) is 6.51. The quantitative estimate of drug-likeness (QED) is 0.603. The number of carbonyl (C=O) groups excluding carboxylic acids is 1. The number of ether oxygens (including phenoxy) is 1. The number of aromatic hydroxyl groups is 1. The molecule has 0 aliphatic rings. The molecular weight excluding hydrogens is 398 g/mol. The molecule has 1 amide bonds. The first kappa shape index (κ1) is 18.1. The predicted octanol–water partition coefficient (Wildman–Crippen LogP) is 4.30. The lowest BCUT2D eigenvalue weighted by Crippen LogP contribution is -2.25. The van der Waals surface area contributed by atoms with Gasteiger partial charge in [-0.2, -0.15) is 0 Å². The second kappa shape index (κ2) is 8.58. The van der Waals surface area contributed by atoms with Crippen molar-refractivity contribution in [2.75, 3.05) is 6.54 Å². The summed E-state index contributed by atoms with van der Waals surface area (Å²) in [4.78, 5) is 12.1. The van der Waals surface area contributed by atoms with Crippen LogP contribution in [0.2, 0.25) is 0 Å². The number of para-hydroxylation sites is 1. The van der Waals surface area contributed by atoms with Crippen molar-refractivity contribution in [3.8, 4) is 11.5 Å². The SMILES string of the molecule is O=C(NCCc1ccc(O)cc1)c1ccc(COc2ccccc2Br)o1. The normalized spacial score (nSPS) is 10.5. The van der Waals surface area contributed by atoms with Gasteiger partial charge in [-0.1, -0.05) is 24.3 Å². The maximum absolute atomic E-state index is 12.1. The number of phenolic OH excluding ortho intramolecular Hbond substituents is 1. The lowest BCUT2D eigenvalue weighted by molar-refractivity contribution is 0.0922. The molecule has 1 aromatic heterocycles. The first-order valence-corrected chi connectivity index (χ1v) is 8.93. The van der Waals surface area contributed by atoms with E-state index in [9.17, 15) is 9.90 Å². The zero-order valence-electron chi connectivity index (χ0n) is 13.9. The number of hydrogen-bond donors (Lipinski definition) is 2. The van der Waals surface area contributed by atoms with Gasteiger partial charge in [0, 0.05) is 6.54 Å². The van der Waals surface area contributed by atoms with Crippen molar-refractivity contribution in [2.24, 2.45) is 0 Å². The van der Waals surface area contributed by atoms with E-state index in [-0.39, 0.29) is 24.0 Å². The Morgan fingerprint density at radius 1 is 1.08 bits per heavy atom. The molecule has 0 saturated heterocycles. The van der Waals surface area contributed by atoms with Crippen LogP contribution in [0.4, 0.5) is 0 Å². The van der Waals surface area contributed by atoms with Gasteiger partial charge in [-0.3, -0.25) is 4.79 Å². The third kappa shape index (κ3) is 4.89. The Balaban J connectivity index is 1.48. The van der Waals surface area contributed by atoms with E-state index in [1.54, 1.807) is 24.3 Å². The van der Waals surface area contributed by atoms with Gasteiger partial charge in [0.15, 0.2) is 5.76 Å². The molecule has 6 heteroatoms. The Kier molecular flexibility index (Phi) is 5.96. The van der Waals surface area contributed by atoms with E-state index in [4.69, 9.17) is 9.15 Å². The van der Waals surface area contributed by atoms with Crippen LogP contribution < -0.4 is 10.1 Å². The highest BCUT2D eigenvalue weighted by Crippen LogP contribution is 2.25. The van der Waals surface area contributed by atoms with Gasteiger partial charge >= 0.3 is 0 Å². The second-order valence-electron chi connectivity index (χ2n) is 5.66. The third-order valence-corrected chi connectivity index (χ3v) is 4.38. The molecule has 0 saturated carbocycles. The van der Waals surface area contributed by atoms with Crippen LogP contribution in [-0.2, 0) is 13.0 Å². The van der Waals surface area contributed by atoms with E-state index in [1.807, 2.05) is 36.4 Å². The standard InChI is InChI=1S/C20H18BrNO4/c21-17-3-1-2-4-18(17)25-13-16-9-10-19(26-16)20(24)22-12-11-14-5-7-15(23)8-6-14/h1-10,23H,11-13H2,(H,22,24). The number of benzene rings is 2. The largest absolute Gasteiger partial charge is 0.508 e. The van der Waals surface area contributed by atoms with Gasteiger partial charge in [0.25, 0.3) is 5.91 Å². The van der Waals surface area contributed by atoms with Crippen LogP contribution in [0.1, 0.15) is 21.9 Å². The highest BCUT2D eigenvalue weighted by Gasteiger charge is 2.11. The molecule has 0 radical (unpaired) electrons. The van der Waals surface area contributed by atoms with Crippen molar-refractivity contribution < 1.29 is 19.1 Å². The van der Waals surface area contributed by atoms with Crippen molar-refractivity contribution in [2.45, 2.75) is 13.0 Å². The molecule has 2 N–H and O–H groups in total. The summed E-state index contributed by atoms with van der Waals surface area (Å²) in [6.45, 7) is 0.719. The fourth-order valence-corrected chi connectivity index (χ4v) is 2.76. The molecule has 3 rings (SSSR count). The molecule has 0 unspecified atom stereocenters. The number of amides is 1. The Bertz CT molecular complexity index is 874. The molecule has 134 valence electrons. The number of rotatable bonds is 7. The highest BCUT2D eigenvalue weighted by molar-refractivity contribution is 9.10. The van der Waals surface area contributed by atoms with Gasteiger partial charge in [-0.05, 0) is 64.3 Å². The summed E-state index contributed by atoms with van der Waals surface area (Å²) >= 11 is 3.42. The molecule has 0 fully saturated rings. The summed E-state index contributed by atoms with van der Waals surface area (Å²) in [6, 6.07) is 17.8. The van der Waals surface area contributed by atoms with E-state index < -0.39 is 0 Å². The fraction of sp³-hybridized carbons (Fsp3) is 0.150. The van der Waals surface area contributed by atoms with Crippen LogP contribution >= 0.6 is 15.9 Å². The van der Waals surface area contributed by atoms with Gasteiger partial charge in [-0.25, -0.2) is 0 Å². The third-order valence-electron chi connectivity index (χ3n) is 3.73. The lowest BCUT2D eigenvalue weighted by atomic mass is 10.1. The summed E-state index contributed by atoms with van der Waals surface area (Å²) in [5.74, 6) is 1.50. The monoisotopic (exact) mass is 415 g/mol. The molecule has 0 aliphatic carbocycles. The first-order valence-electron chi connectivity index (χ1n) is 8.14. The van der Waals surface area contributed by atoms with Gasteiger partial charge in [-0.15, -0.1) is 0 Å². The van der Waals surface area contributed by atoms with Crippen molar-refractivity contribution in [1.29, 1.82) is 0 Å². The van der Waals surface area contributed by atoms with Gasteiger partial charge in [0.1, 0.15) is 23.9 Å². The van der Waals surface area contributed by atoms with Crippen LogP contribution in [0.5, 0.6) is 11.5 Å². The molecule has 0 aliphatic heterocycles. The van der Waals surface area contributed by atoms with Crippen molar-refractivity contribution >= 4 is 21.8 Å². The number of hydrogen-bond acceptors (Lipinski definition) is 4. The number of halogens is 1. The van der Waals surface area contributed by atoms with Crippen molar-refractivity contribution in [3.05, 3.63) is 82.2 Å². The molecular formula is C20H18BrNO4. The van der Waals surface area contributed by atoms with E-state index in [0.717, 1.165) is 10.0 Å². The van der Waals surface area contributed by atoms with Crippen molar-refractivity contribution in [3.63, 3.8) is 0 Å². The summed E-state index contributed by atoms with van der Waals surface area (Å²) in [5, 5.41) is 12.1. The number of furan rings is 1. The van der Waals surface area contributed by atoms with Crippen LogP contribution in [-0.4, -0.2) is 17.6 Å². The van der Waals surface area contributed by atoms with E-state index in [2.05, 4.69) is 21.2 Å². The molecule has 1 heterocycles. The molecule has 0 atom stereocenters. The lowest BCUT2D eigenvalue weighted by Gasteiger charge is -2.06. The minimum absolute atomic E-state index is 0.227. The maximum atomic E-state index is 12.1. The zero-order valence-corrected chi connectivity index (χ0v) is 15.5. The Morgan fingerprint density at radius 2 is 1.85 bits per heavy atom. The Hall–Kier alpha value is -2.73. The van der Waals surface area contributed by atoms with Crippen LogP contribution in [0.3, 0.4) is 0 Å². The molecule has 2 aromatic carbocycles. The fourth-order valence-electron chi connectivity index (χ4n) is 2.36. The molecule has 3 aromatic rings. The number of phenols is 1. The molecule has 5 nitrogen and oxygen atoms in total. The number of carbonyl (C=O) groups is 1. The van der Waals surface area contributed by atoms with Gasteiger partial charge < -0.3 is 19.6 Å². The first-order chi connectivity index (χ1) is 12.6. The number of nitrogens with one attached hydrogen (secondary N) is 1. The summed E-state index contributed by atoms with van der Waals surface area (Å²) < 4.78 is 12.1. The average molecular weight is 416 g/mol. The molecule has 0 spiro atoms. The van der Waals surface area contributed by atoms with E-state index in [0.29, 0.717) is 24.5 Å². The van der Waals surface area contributed by atoms with Crippen LogP contribution in [0.15, 0.2) is 69.6 Å². The van der Waals surface area contributed by atoms with Gasteiger partial charge in [0.05, 0.1) is 4.47 Å². The highest BCUT2D eigenvalue weighted by atomic mass is 79.9. The molecule has 0 bridgehead atoms. The van der Waals surface area contributed by atoms with Crippen molar-refractivity contribution in [1.82, 2.24) is 5.32 Å². The van der Waals surface area contributed by atoms with Gasteiger partial charge in [0.2, 0.25) is 0 Å². The Labute approximate surface area is 159 Å². The van der Waals surface area contributed by atoms with E-state index in [1.165, 1.54) is 0 Å². The maximum Gasteiger partial charge on any atom is 0.287 e. The van der Waals surface area contributed by atoms with Crippen LogP contribution in [0, 0.1) is 0 Å². The van der Waals surface area contributed by atoms with Crippen LogP contribution in [0.25, 0.3) is 0 Å². The predicted molar refractivity (Wildman–Crippen MR) is 101 cm³/mol. The topological polar surface area (TPSA) is 71.7 Å². The minimum Gasteiger partial charge on any atom is -0.508 e. The van der Waals surface area contributed by atoms with E-state index >= 15 is 0 Å². The summed E-state index contributed by atoms with van der Waals surface area (Å²) in [5.41, 5.74) is 1.03. The minimum atomic E-state index is -0.268. The Morgan fingerprint density at radius 3 is 2.62 bits per heavy atom. The summed E-state index contributed by atoms with van der Waals surface area (Å²) in [6.07, 6.45) is 0.671. The zero-order chi connectivity index (χ0) is 18.4. The smallest absolute Gasteiger partial charge is 0.287 e.